The first-order valence-electron chi connectivity index (χ1n) is 7.93. The van der Waals surface area contributed by atoms with Crippen molar-refractivity contribution in [2.75, 3.05) is 6.61 Å². The summed E-state index contributed by atoms with van der Waals surface area (Å²) in [5.41, 5.74) is 4.42. The molecule has 23 heavy (non-hydrogen) atoms. The number of rotatable bonds is 4. The Morgan fingerprint density at radius 3 is 2.87 bits per heavy atom. The van der Waals surface area contributed by atoms with Crippen LogP contribution >= 0.6 is 0 Å². The van der Waals surface area contributed by atoms with Gasteiger partial charge in [0.25, 0.3) is 5.91 Å². The van der Waals surface area contributed by atoms with Crippen LogP contribution in [-0.2, 0) is 31.4 Å². The lowest BCUT2D eigenvalue weighted by Gasteiger charge is -2.16. The van der Waals surface area contributed by atoms with Gasteiger partial charge in [-0.05, 0) is 26.8 Å². The summed E-state index contributed by atoms with van der Waals surface area (Å²) in [6.45, 7) is 7.64. The molecule has 2 aromatic heterocycles. The number of aromatic nitrogens is 4. The van der Waals surface area contributed by atoms with E-state index >= 15 is 0 Å². The minimum Gasteiger partial charge on any atom is -0.376 e. The van der Waals surface area contributed by atoms with Crippen LogP contribution in [0.1, 0.15) is 53.0 Å². The van der Waals surface area contributed by atoms with Gasteiger partial charge in [-0.3, -0.25) is 14.2 Å². The van der Waals surface area contributed by atoms with Crippen LogP contribution in [0.3, 0.4) is 0 Å². The van der Waals surface area contributed by atoms with Crippen molar-refractivity contribution in [1.29, 1.82) is 0 Å². The van der Waals surface area contributed by atoms with Crippen LogP contribution in [0.5, 0.6) is 0 Å². The molecule has 0 spiro atoms. The number of amides is 1. The quantitative estimate of drug-likeness (QED) is 0.927. The maximum Gasteiger partial charge on any atom is 0.272 e. The van der Waals surface area contributed by atoms with Crippen LogP contribution in [0.15, 0.2) is 6.07 Å². The molecular weight excluding hydrogens is 294 g/mol. The third-order valence-electron chi connectivity index (χ3n) is 4.08. The fourth-order valence-corrected chi connectivity index (χ4v) is 2.96. The molecule has 1 amide bonds. The van der Waals surface area contributed by atoms with Crippen LogP contribution in [0.4, 0.5) is 0 Å². The SMILES string of the molecule is Cc1cc(CNC(=O)c2nn(C(C)C)c3c2COCC3)n(C)n1. The largest absolute Gasteiger partial charge is 0.376 e. The van der Waals surface area contributed by atoms with Crippen molar-refractivity contribution in [3.8, 4) is 0 Å². The van der Waals surface area contributed by atoms with Crippen LogP contribution in [0, 0.1) is 6.92 Å². The second kappa shape index (κ2) is 6.16. The van der Waals surface area contributed by atoms with E-state index in [-0.39, 0.29) is 11.9 Å². The lowest BCUT2D eigenvalue weighted by atomic mass is 10.1. The summed E-state index contributed by atoms with van der Waals surface area (Å²) in [6.07, 6.45) is 0.800. The van der Waals surface area contributed by atoms with Crippen LogP contribution < -0.4 is 5.32 Å². The molecule has 1 aliphatic rings. The highest BCUT2D eigenvalue weighted by Gasteiger charge is 2.26. The molecule has 2 aromatic rings. The molecule has 0 bridgehead atoms. The van der Waals surface area contributed by atoms with Gasteiger partial charge in [-0.15, -0.1) is 0 Å². The smallest absolute Gasteiger partial charge is 0.272 e. The standard InChI is InChI=1S/C16H23N5O2/c1-10(2)21-14-5-6-23-9-13(14)15(19-21)16(22)17-8-12-7-11(3)18-20(12)4/h7,10H,5-6,8-9H2,1-4H3,(H,17,22). The molecule has 3 heterocycles. The number of ether oxygens (including phenoxy) is 1. The van der Waals surface area contributed by atoms with E-state index in [1.165, 1.54) is 0 Å². The normalized spacial score (nSPS) is 14.1. The Morgan fingerprint density at radius 2 is 2.22 bits per heavy atom. The summed E-state index contributed by atoms with van der Waals surface area (Å²) in [5.74, 6) is -0.162. The zero-order valence-electron chi connectivity index (χ0n) is 14.1. The highest BCUT2D eigenvalue weighted by atomic mass is 16.5. The molecule has 0 saturated carbocycles. The molecule has 0 radical (unpaired) electrons. The third-order valence-corrected chi connectivity index (χ3v) is 4.08. The summed E-state index contributed by atoms with van der Waals surface area (Å²) < 4.78 is 9.24. The van der Waals surface area contributed by atoms with E-state index in [1.54, 1.807) is 4.68 Å². The first-order chi connectivity index (χ1) is 11.0. The third kappa shape index (κ3) is 3.01. The number of hydrogen-bond donors (Lipinski definition) is 1. The average molecular weight is 317 g/mol. The highest BCUT2D eigenvalue weighted by Crippen LogP contribution is 2.23. The molecular formula is C16H23N5O2. The second-order valence-electron chi connectivity index (χ2n) is 6.20. The Labute approximate surface area is 135 Å². The van der Waals surface area contributed by atoms with E-state index in [0.717, 1.165) is 29.1 Å². The number of hydrogen-bond acceptors (Lipinski definition) is 4. The van der Waals surface area contributed by atoms with E-state index < -0.39 is 0 Å². The van der Waals surface area contributed by atoms with Crippen molar-refractivity contribution < 1.29 is 9.53 Å². The van der Waals surface area contributed by atoms with Crippen LogP contribution in [-0.4, -0.2) is 32.1 Å². The highest BCUT2D eigenvalue weighted by molar-refractivity contribution is 5.94. The Balaban J connectivity index is 1.81. The van der Waals surface area contributed by atoms with E-state index in [4.69, 9.17) is 4.74 Å². The molecule has 7 nitrogen and oxygen atoms in total. The molecule has 0 saturated heterocycles. The molecule has 0 atom stereocenters. The van der Waals surface area contributed by atoms with Gasteiger partial charge in [0, 0.05) is 30.8 Å². The van der Waals surface area contributed by atoms with Gasteiger partial charge in [-0.2, -0.15) is 10.2 Å². The van der Waals surface area contributed by atoms with Crippen molar-refractivity contribution in [2.45, 2.75) is 46.4 Å². The summed E-state index contributed by atoms with van der Waals surface area (Å²) in [7, 11) is 1.87. The Morgan fingerprint density at radius 1 is 1.43 bits per heavy atom. The van der Waals surface area contributed by atoms with Crippen molar-refractivity contribution in [3.63, 3.8) is 0 Å². The fourth-order valence-electron chi connectivity index (χ4n) is 2.96. The predicted octanol–water partition coefficient (Wildman–Crippen LogP) is 1.51. The van der Waals surface area contributed by atoms with Gasteiger partial charge in [0.15, 0.2) is 5.69 Å². The molecule has 0 unspecified atom stereocenters. The van der Waals surface area contributed by atoms with Gasteiger partial charge in [0.2, 0.25) is 0 Å². The van der Waals surface area contributed by atoms with E-state index in [0.29, 0.717) is 25.5 Å². The molecule has 0 fully saturated rings. The van der Waals surface area contributed by atoms with Crippen molar-refractivity contribution in [1.82, 2.24) is 24.9 Å². The lowest BCUT2D eigenvalue weighted by Crippen LogP contribution is -2.26. The van der Waals surface area contributed by atoms with Crippen LogP contribution in [0.2, 0.25) is 0 Å². The fraction of sp³-hybridized carbons (Fsp3) is 0.562. The summed E-state index contributed by atoms with van der Waals surface area (Å²) in [5, 5.41) is 11.8. The van der Waals surface area contributed by atoms with Gasteiger partial charge in [-0.1, -0.05) is 0 Å². The van der Waals surface area contributed by atoms with Gasteiger partial charge < -0.3 is 10.1 Å². The minimum atomic E-state index is -0.162. The number of carbonyl (C=O) groups is 1. The van der Waals surface area contributed by atoms with Crippen molar-refractivity contribution >= 4 is 5.91 Å². The molecule has 1 aliphatic heterocycles. The summed E-state index contributed by atoms with van der Waals surface area (Å²) >= 11 is 0. The topological polar surface area (TPSA) is 74.0 Å². The maximum absolute atomic E-state index is 12.6. The maximum atomic E-state index is 12.6. The van der Waals surface area contributed by atoms with Gasteiger partial charge in [-0.25, -0.2) is 0 Å². The molecule has 3 rings (SSSR count). The molecule has 1 N–H and O–H groups in total. The Hall–Kier alpha value is -2.15. The summed E-state index contributed by atoms with van der Waals surface area (Å²) in [4.78, 5) is 12.6. The Kier molecular flexibility index (Phi) is 4.21. The summed E-state index contributed by atoms with van der Waals surface area (Å²) in [6, 6.07) is 2.19. The zero-order valence-corrected chi connectivity index (χ0v) is 14.1. The van der Waals surface area contributed by atoms with E-state index in [1.807, 2.05) is 24.7 Å². The number of nitrogens with one attached hydrogen (secondary N) is 1. The number of aryl methyl sites for hydroxylation is 2. The number of carbonyl (C=O) groups excluding carboxylic acids is 1. The van der Waals surface area contributed by atoms with Gasteiger partial charge in [0.1, 0.15) is 0 Å². The second-order valence-corrected chi connectivity index (χ2v) is 6.20. The predicted molar refractivity (Wildman–Crippen MR) is 85.1 cm³/mol. The first kappa shape index (κ1) is 15.7. The van der Waals surface area contributed by atoms with Crippen molar-refractivity contribution in [3.05, 3.63) is 34.4 Å². The van der Waals surface area contributed by atoms with Gasteiger partial charge >= 0.3 is 0 Å². The van der Waals surface area contributed by atoms with Crippen LogP contribution in [0.25, 0.3) is 0 Å². The Bertz CT molecular complexity index is 729. The molecule has 124 valence electrons. The lowest BCUT2D eigenvalue weighted by molar-refractivity contribution is 0.0921. The van der Waals surface area contributed by atoms with E-state index in [9.17, 15) is 4.79 Å². The molecule has 7 heteroatoms. The monoisotopic (exact) mass is 317 g/mol. The number of fused-ring (bicyclic) bond motifs is 1. The molecule has 0 aromatic carbocycles. The molecule has 0 aliphatic carbocycles. The number of nitrogens with zero attached hydrogens (tertiary/aromatic N) is 4. The van der Waals surface area contributed by atoms with Gasteiger partial charge in [0.05, 0.1) is 31.1 Å². The first-order valence-corrected chi connectivity index (χ1v) is 7.93. The van der Waals surface area contributed by atoms with Crippen molar-refractivity contribution in [2.24, 2.45) is 7.05 Å². The zero-order chi connectivity index (χ0) is 16.6. The average Bonchev–Trinajstić information content (AvgIpc) is 3.05. The van der Waals surface area contributed by atoms with E-state index in [2.05, 4.69) is 29.4 Å². The minimum absolute atomic E-state index is 0.162.